The molecule has 41 heavy (non-hydrogen) atoms. The zero-order chi connectivity index (χ0) is 30.4. The van der Waals surface area contributed by atoms with Crippen molar-refractivity contribution in [1.82, 2.24) is 5.32 Å². The Hall–Kier alpha value is -1.62. The van der Waals surface area contributed by atoms with E-state index in [4.69, 9.17) is 33.2 Å². The van der Waals surface area contributed by atoms with E-state index >= 15 is 0 Å². The molecule has 4 aliphatic heterocycles. The normalized spacial score (nSPS) is 50.5. The second-order valence-electron chi connectivity index (χ2n) is 10.5. The molecule has 4 heterocycles. The molecule has 4 aliphatic rings. The van der Waals surface area contributed by atoms with Crippen molar-refractivity contribution in [2.24, 2.45) is 0 Å². The van der Waals surface area contributed by atoms with Crippen molar-refractivity contribution in [1.29, 1.82) is 0 Å². The molecule has 4 fully saturated rings. The van der Waals surface area contributed by atoms with Gasteiger partial charge in [0.1, 0.15) is 67.1 Å². The predicted octanol–water partition coefficient (Wildman–Crippen LogP) is -5.54. The maximum Gasteiger partial charge on any atom is 0.364 e. The van der Waals surface area contributed by atoms with Gasteiger partial charge in [-0.3, -0.25) is 4.79 Å². The highest BCUT2D eigenvalue weighted by Crippen LogP contribution is 2.36. The summed E-state index contributed by atoms with van der Waals surface area (Å²) in [7, 11) is 0. The molecular weight excluding hydrogens is 562 g/mol. The first-order valence-electron chi connectivity index (χ1n) is 13.0. The van der Waals surface area contributed by atoms with E-state index in [1.807, 2.05) is 0 Å². The Kier molecular flexibility index (Phi) is 9.88. The Morgan fingerprint density at radius 2 is 1.56 bits per heavy atom. The topological polar surface area (TPSA) is 273 Å². The van der Waals surface area contributed by atoms with Crippen LogP contribution in [0.25, 0.3) is 0 Å². The molecule has 0 aromatic rings. The lowest BCUT2D eigenvalue weighted by Gasteiger charge is -2.50. The summed E-state index contributed by atoms with van der Waals surface area (Å²) in [5.41, 5.74) is 0. The second kappa shape index (κ2) is 12.5. The minimum atomic E-state index is -2.10. The SMILES string of the molecule is CC(=O)N[C@H]1[C@H](O[C@@H]2[C@H](O)[C@H](C)O[C@H](O)[C@H]2O)O[C@H](CO)[C@@H](O[C@@H]2O[C@@H]3CO[C@@](C)(C(=O)O)O[C@@H]3[C@H](O)[C@H]2O)[C@@H]1O. The van der Waals surface area contributed by atoms with Crippen LogP contribution in [0.15, 0.2) is 0 Å². The van der Waals surface area contributed by atoms with E-state index in [0.29, 0.717) is 0 Å². The van der Waals surface area contributed by atoms with Crippen molar-refractivity contribution in [2.75, 3.05) is 13.2 Å². The number of rotatable bonds is 7. The number of aliphatic hydroxyl groups is 7. The fraction of sp³-hybridized carbons (Fsp3) is 0.913. The van der Waals surface area contributed by atoms with E-state index in [2.05, 4.69) is 5.32 Å². The molecule has 4 rings (SSSR count). The van der Waals surface area contributed by atoms with Gasteiger partial charge in [0.15, 0.2) is 18.9 Å². The molecule has 0 bridgehead atoms. The van der Waals surface area contributed by atoms with Gasteiger partial charge in [-0.05, 0) is 6.92 Å². The molecule has 0 aromatic carbocycles. The smallest absolute Gasteiger partial charge is 0.364 e. The average molecular weight is 600 g/mol. The first kappa shape index (κ1) is 32.3. The lowest BCUT2D eigenvalue weighted by molar-refractivity contribution is -0.395. The molecular formula is C23H37NO17. The fourth-order valence-corrected chi connectivity index (χ4v) is 5.17. The van der Waals surface area contributed by atoms with E-state index in [-0.39, 0.29) is 6.61 Å². The van der Waals surface area contributed by atoms with Crippen LogP contribution < -0.4 is 5.32 Å². The van der Waals surface area contributed by atoms with Gasteiger partial charge in [0, 0.05) is 13.8 Å². The summed E-state index contributed by atoms with van der Waals surface area (Å²) in [6.45, 7) is 2.49. The minimum Gasteiger partial charge on any atom is -0.477 e. The highest BCUT2D eigenvalue weighted by atomic mass is 16.8. The molecule has 0 radical (unpaired) electrons. The van der Waals surface area contributed by atoms with Gasteiger partial charge in [-0.15, -0.1) is 0 Å². The van der Waals surface area contributed by atoms with Gasteiger partial charge < -0.3 is 79.3 Å². The summed E-state index contributed by atoms with van der Waals surface area (Å²) in [5.74, 6) is -4.22. The van der Waals surface area contributed by atoms with Crippen LogP contribution in [0.2, 0.25) is 0 Å². The molecule has 0 spiro atoms. The second-order valence-corrected chi connectivity index (χ2v) is 10.5. The van der Waals surface area contributed by atoms with Crippen molar-refractivity contribution >= 4 is 11.9 Å². The summed E-state index contributed by atoms with van der Waals surface area (Å²) < 4.78 is 38.4. The van der Waals surface area contributed by atoms with Crippen molar-refractivity contribution in [3.05, 3.63) is 0 Å². The van der Waals surface area contributed by atoms with Crippen molar-refractivity contribution in [2.45, 2.75) is 119 Å². The van der Waals surface area contributed by atoms with Gasteiger partial charge in [-0.2, -0.15) is 0 Å². The monoisotopic (exact) mass is 599 g/mol. The molecule has 0 saturated carbocycles. The summed E-state index contributed by atoms with van der Waals surface area (Å²) in [6, 6.07) is -1.44. The number of carboxylic acid groups (broad SMARTS) is 1. The maximum atomic E-state index is 12.0. The fourth-order valence-electron chi connectivity index (χ4n) is 5.17. The number of aliphatic carboxylic acids is 1. The Morgan fingerprint density at radius 1 is 0.902 bits per heavy atom. The van der Waals surface area contributed by atoms with Crippen LogP contribution in [0.3, 0.4) is 0 Å². The van der Waals surface area contributed by atoms with Crippen molar-refractivity contribution in [3.63, 3.8) is 0 Å². The summed E-state index contributed by atoms with van der Waals surface area (Å²) in [6.07, 6.45) is -21.3. The number of nitrogens with one attached hydrogen (secondary N) is 1. The van der Waals surface area contributed by atoms with Crippen LogP contribution in [-0.4, -0.2) is 164 Å². The van der Waals surface area contributed by atoms with Gasteiger partial charge in [0.05, 0.1) is 19.3 Å². The maximum absolute atomic E-state index is 12.0. The van der Waals surface area contributed by atoms with E-state index in [0.717, 1.165) is 13.8 Å². The van der Waals surface area contributed by atoms with E-state index in [9.17, 15) is 50.4 Å². The van der Waals surface area contributed by atoms with E-state index in [1.54, 1.807) is 0 Å². The van der Waals surface area contributed by atoms with Gasteiger partial charge in [0.2, 0.25) is 5.91 Å². The predicted molar refractivity (Wildman–Crippen MR) is 125 cm³/mol. The first-order chi connectivity index (χ1) is 19.2. The number of fused-ring (bicyclic) bond motifs is 1. The molecule has 1 amide bonds. The van der Waals surface area contributed by atoms with E-state index < -0.39 is 116 Å². The highest BCUT2D eigenvalue weighted by molar-refractivity contribution is 5.75. The summed E-state index contributed by atoms with van der Waals surface area (Å²) >= 11 is 0. The van der Waals surface area contributed by atoms with Crippen LogP contribution >= 0.6 is 0 Å². The molecule has 18 heteroatoms. The molecule has 18 nitrogen and oxygen atoms in total. The zero-order valence-electron chi connectivity index (χ0n) is 22.3. The number of hydrogen-bond donors (Lipinski definition) is 9. The van der Waals surface area contributed by atoms with Gasteiger partial charge in [-0.1, -0.05) is 0 Å². The van der Waals surface area contributed by atoms with Crippen LogP contribution in [-0.2, 0) is 42.7 Å². The zero-order valence-corrected chi connectivity index (χ0v) is 22.3. The third-order valence-corrected chi connectivity index (χ3v) is 7.52. The van der Waals surface area contributed by atoms with Crippen LogP contribution in [0, 0.1) is 0 Å². The molecule has 236 valence electrons. The lowest BCUT2D eigenvalue weighted by atomic mass is 9.94. The number of carbonyl (C=O) groups is 2. The molecule has 9 N–H and O–H groups in total. The number of carbonyl (C=O) groups excluding carboxylic acids is 1. The Morgan fingerprint density at radius 3 is 2.17 bits per heavy atom. The third kappa shape index (κ3) is 6.36. The van der Waals surface area contributed by atoms with Crippen molar-refractivity contribution < 1.29 is 83.6 Å². The Labute approximate surface area is 233 Å². The summed E-state index contributed by atoms with van der Waals surface area (Å²) in [5, 5.41) is 85.2. The quantitative estimate of drug-likeness (QED) is 0.132. The number of aliphatic hydroxyl groups excluding tert-OH is 7. The molecule has 0 aliphatic carbocycles. The lowest BCUT2D eigenvalue weighted by Crippen LogP contribution is -2.70. The first-order valence-corrected chi connectivity index (χ1v) is 13.0. The molecule has 4 saturated heterocycles. The number of ether oxygens (including phenoxy) is 7. The molecule has 0 unspecified atom stereocenters. The number of carboxylic acids is 1. The average Bonchev–Trinajstić information content (AvgIpc) is 2.91. The molecule has 0 aromatic heterocycles. The van der Waals surface area contributed by atoms with Crippen molar-refractivity contribution in [3.8, 4) is 0 Å². The molecule has 16 atom stereocenters. The van der Waals surface area contributed by atoms with Gasteiger partial charge in [0.25, 0.3) is 5.79 Å². The highest BCUT2D eigenvalue weighted by Gasteiger charge is 2.57. The number of hydrogen-bond acceptors (Lipinski definition) is 16. The Bertz CT molecular complexity index is 926. The van der Waals surface area contributed by atoms with Crippen LogP contribution in [0.5, 0.6) is 0 Å². The summed E-state index contributed by atoms with van der Waals surface area (Å²) in [4.78, 5) is 23.5. The van der Waals surface area contributed by atoms with Crippen LogP contribution in [0.4, 0.5) is 0 Å². The minimum absolute atomic E-state index is 0.366. The number of amides is 1. The van der Waals surface area contributed by atoms with Gasteiger partial charge in [-0.25, -0.2) is 4.79 Å². The standard InChI is InChI=1S/C23H37NO17/c1-6-11(27)18(15(31)19(32)36-6)40-20-10(24-7(2)26)12(28)16(8(4-25)37-20)39-21-14(30)13(29)17-9(38-21)5-35-23(3,41-17)22(33)34/h6,8-21,25,27-32H,4-5H2,1-3H3,(H,24,26)(H,33,34)/t6-,8+,9+,10+,11+,12+,13+,14+,15-,16+,17-,18+,19-,20-,21-,23+/m0/s1. The van der Waals surface area contributed by atoms with Crippen LogP contribution in [0.1, 0.15) is 20.8 Å². The largest absolute Gasteiger partial charge is 0.477 e. The van der Waals surface area contributed by atoms with E-state index in [1.165, 1.54) is 6.92 Å². The van der Waals surface area contributed by atoms with Gasteiger partial charge >= 0.3 is 5.97 Å². The third-order valence-electron chi connectivity index (χ3n) is 7.52. The Balaban J connectivity index is 1.51.